The Morgan fingerprint density at radius 3 is 2.83 bits per heavy atom. The van der Waals surface area contributed by atoms with Gasteiger partial charge in [0.05, 0.1) is 18.5 Å². The molecular weight excluding hydrogens is 454 g/mol. The summed E-state index contributed by atoms with van der Waals surface area (Å²) in [5, 5.41) is 0.793. The summed E-state index contributed by atoms with van der Waals surface area (Å²) in [7, 11) is 0. The second-order valence-corrected chi connectivity index (χ2v) is 9.46. The Bertz CT molecular complexity index is 1460. The average Bonchev–Trinajstić information content (AvgIpc) is 3.47. The third-order valence-corrected chi connectivity index (χ3v) is 7.37. The van der Waals surface area contributed by atoms with E-state index in [0.29, 0.717) is 42.8 Å². The molecule has 2 unspecified atom stereocenters. The molecule has 0 N–H and O–H groups in total. The number of furan rings is 1. The van der Waals surface area contributed by atoms with E-state index in [1.165, 1.54) is 0 Å². The van der Waals surface area contributed by atoms with Gasteiger partial charge in [-0.15, -0.1) is 0 Å². The first-order chi connectivity index (χ1) is 17.7. The van der Waals surface area contributed by atoms with Gasteiger partial charge in [-0.25, -0.2) is 14.6 Å². The lowest BCUT2D eigenvalue weighted by Crippen LogP contribution is -2.40. The van der Waals surface area contributed by atoms with Crippen molar-refractivity contribution in [2.75, 3.05) is 13.1 Å². The molecule has 0 bridgehead atoms. The molecule has 7 nitrogen and oxygen atoms in total. The lowest BCUT2D eigenvalue weighted by molar-refractivity contribution is 0.0856. The Morgan fingerprint density at radius 1 is 1.11 bits per heavy atom. The fourth-order valence-electron chi connectivity index (χ4n) is 5.28. The number of ether oxygens (including phenoxy) is 2. The number of amides is 1. The van der Waals surface area contributed by atoms with Crippen LogP contribution in [0.1, 0.15) is 29.7 Å². The molecule has 1 saturated carbocycles. The lowest BCUT2D eigenvalue weighted by Gasteiger charge is -2.31. The van der Waals surface area contributed by atoms with Crippen molar-refractivity contribution in [2.45, 2.75) is 31.5 Å². The first-order valence-corrected chi connectivity index (χ1v) is 12.1. The number of nitrogens with zero attached hydrogens (tertiary/aromatic N) is 3. The van der Waals surface area contributed by atoms with Crippen LogP contribution >= 0.6 is 0 Å². The average molecular weight is 480 g/mol. The van der Waals surface area contributed by atoms with Crippen molar-refractivity contribution in [2.24, 2.45) is 5.92 Å². The van der Waals surface area contributed by atoms with Crippen molar-refractivity contribution in [3.8, 4) is 5.88 Å². The van der Waals surface area contributed by atoms with Crippen molar-refractivity contribution >= 4 is 22.7 Å². The minimum absolute atomic E-state index is 0.00113. The summed E-state index contributed by atoms with van der Waals surface area (Å²) in [5.74, 6) is 0.938. The van der Waals surface area contributed by atoms with E-state index >= 15 is 0 Å². The zero-order valence-corrected chi connectivity index (χ0v) is 19.7. The Kier molecular flexibility index (Phi) is 5.57. The summed E-state index contributed by atoms with van der Waals surface area (Å²) in [6.07, 6.45) is 3.21. The molecule has 6 rings (SSSR count). The van der Waals surface area contributed by atoms with Gasteiger partial charge in [0, 0.05) is 35.5 Å². The summed E-state index contributed by atoms with van der Waals surface area (Å²) in [6.45, 7) is 9.25. The summed E-state index contributed by atoms with van der Waals surface area (Å²) >= 11 is 0. The van der Waals surface area contributed by atoms with Crippen molar-refractivity contribution in [1.29, 1.82) is 0 Å². The van der Waals surface area contributed by atoms with E-state index in [-0.39, 0.29) is 18.1 Å². The highest BCUT2D eigenvalue weighted by Crippen LogP contribution is 2.58. The second kappa shape index (κ2) is 9.04. The molecule has 1 aliphatic carbocycles. The molecule has 36 heavy (non-hydrogen) atoms. The van der Waals surface area contributed by atoms with Crippen LogP contribution in [0.15, 0.2) is 77.4 Å². The number of rotatable bonds is 6. The van der Waals surface area contributed by atoms with Gasteiger partial charge in [-0.1, -0.05) is 48.5 Å². The summed E-state index contributed by atoms with van der Waals surface area (Å²) in [5.41, 5.74) is 4.12. The quantitative estimate of drug-likeness (QED) is 0.306. The van der Waals surface area contributed by atoms with E-state index in [0.717, 1.165) is 35.0 Å². The van der Waals surface area contributed by atoms with Gasteiger partial charge in [0.1, 0.15) is 18.8 Å². The number of piperidine rings is 1. The fraction of sp³-hybridized carbons (Fsp3) is 0.276. The number of pyridine rings is 1. The van der Waals surface area contributed by atoms with Crippen LogP contribution in [0.25, 0.3) is 15.8 Å². The minimum Gasteiger partial charge on any atom is -0.473 e. The Labute approximate surface area is 209 Å². The van der Waals surface area contributed by atoms with Crippen LogP contribution in [0, 0.1) is 12.5 Å². The highest BCUT2D eigenvalue weighted by molar-refractivity contribution is 5.93. The molecule has 2 atom stereocenters. The zero-order chi connectivity index (χ0) is 24.5. The molecule has 3 heterocycles. The maximum absolute atomic E-state index is 12.6. The molecule has 2 aromatic heterocycles. The summed E-state index contributed by atoms with van der Waals surface area (Å²) in [4.78, 5) is 22.8. The normalized spacial score (nSPS) is 20.4. The summed E-state index contributed by atoms with van der Waals surface area (Å²) in [6, 6.07) is 21.1. The smallest absolute Gasteiger partial charge is 0.410 e. The van der Waals surface area contributed by atoms with Gasteiger partial charge in [0.25, 0.3) is 0 Å². The number of aromatic nitrogens is 1. The maximum atomic E-state index is 12.6. The van der Waals surface area contributed by atoms with E-state index in [4.69, 9.17) is 25.4 Å². The number of carbonyl (C=O) groups excluding carboxylic acids is 1. The number of carbonyl (C=O) groups is 1. The van der Waals surface area contributed by atoms with Crippen molar-refractivity contribution in [1.82, 2.24) is 9.88 Å². The van der Waals surface area contributed by atoms with Crippen molar-refractivity contribution < 1.29 is 18.7 Å². The minimum atomic E-state index is -0.252. The van der Waals surface area contributed by atoms with Crippen molar-refractivity contribution in [3.63, 3.8) is 0 Å². The van der Waals surface area contributed by atoms with Gasteiger partial charge in [0.15, 0.2) is 5.69 Å². The van der Waals surface area contributed by atoms with Crippen LogP contribution < -0.4 is 4.74 Å². The number of hydrogen-bond acceptors (Lipinski definition) is 5. The van der Waals surface area contributed by atoms with Crippen LogP contribution in [-0.2, 0) is 23.4 Å². The zero-order valence-electron chi connectivity index (χ0n) is 19.7. The lowest BCUT2D eigenvalue weighted by atomic mass is 9.91. The van der Waals surface area contributed by atoms with Crippen LogP contribution in [0.5, 0.6) is 5.88 Å². The third kappa shape index (κ3) is 4.05. The van der Waals surface area contributed by atoms with Crippen LogP contribution in [0.3, 0.4) is 0 Å². The SMILES string of the molecule is [C-]#[N+]c1ccc(COc2cccc(C34CCN(C(=O)OCc5ccccc5)CC3C4)n2)c2occc12. The third-order valence-electron chi connectivity index (χ3n) is 7.37. The molecule has 2 fully saturated rings. The largest absolute Gasteiger partial charge is 0.473 e. The van der Waals surface area contributed by atoms with Crippen LogP contribution in [0.4, 0.5) is 10.5 Å². The number of fused-ring (bicyclic) bond motifs is 2. The van der Waals surface area contributed by atoms with Crippen molar-refractivity contribution in [3.05, 3.63) is 101 Å². The van der Waals surface area contributed by atoms with Gasteiger partial charge in [0.2, 0.25) is 5.88 Å². The van der Waals surface area contributed by atoms with Gasteiger partial charge in [-0.2, -0.15) is 0 Å². The molecule has 4 aromatic rings. The van der Waals surface area contributed by atoms with E-state index in [1.807, 2.05) is 53.4 Å². The van der Waals surface area contributed by atoms with Gasteiger partial charge in [-0.3, -0.25) is 0 Å². The Hall–Kier alpha value is -4.31. The number of benzene rings is 2. The molecule has 180 valence electrons. The van der Waals surface area contributed by atoms with E-state index in [9.17, 15) is 4.79 Å². The Balaban J connectivity index is 1.09. The standard InChI is InChI=1S/C29H25N3O4/c1-30-24-11-10-21(27-23(24)12-15-34-27)19-35-26-9-5-8-25(31-26)29-13-14-32(17-22(29)16-29)28(33)36-18-20-6-3-2-4-7-20/h2-12,15,22H,13-14,16-19H2. The van der Waals surface area contributed by atoms with Gasteiger partial charge < -0.3 is 18.8 Å². The van der Waals surface area contributed by atoms with E-state index < -0.39 is 0 Å². The maximum Gasteiger partial charge on any atom is 0.410 e. The predicted molar refractivity (Wildman–Crippen MR) is 134 cm³/mol. The molecule has 1 aliphatic heterocycles. The topological polar surface area (TPSA) is 69.2 Å². The fourth-order valence-corrected chi connectivity index (χ4v) is 5.28. The molecule has 2 aliphatic rings. The molecule has 0 radical (unpaired) electrons. The van der Waals surface area contributed by atoms with Gasteiger partial charge in [-0.05, 0) is 36.5 Å². The monoisotopic (exact) mass is 479 g/mol. The second-order valence-electron chi connectivity index (χ2n) is 9.46. The summed E-state index contributed by atoms with van der Waals surface area (Å²) < 4.78 is 17.2. The Morgan fingerprint density at radius 2 is 2.00 bits per heavy atom. The highest BCUT2D eigenvalue weighted by atomic mass is 16.6. The number of hydrogen-bond donors (Lipinski definition) is 0. The number of likely N-dealkylation sites (tertiary alicyclic amines) is 1. The molecule has 7 heteroatoms. The van der Waals surface area contributed by atoms with E-state index in [1.54, 1.807) is 18.4 Å². The first kappa shape index (κ1) is 22.2. The predicted octanol–water partition coefficient (Wildman–Crippen LogP) is 6.26. The van der Waals surface area contributed by atoms with E-state index in [2.05, 4.69) is 10.9 Å². The first-order valence-electron chi connectivity index (χ1n) is 12.1. The molecule has 1 saturated heterocycles. The molecule has 2 aromatic carbocycles. The molecular formula is C29H25N3O4. The molecule has 0 spiro atoms. The van der Waals surface area contributed by atoms with Crippen LogP contribution in [-0.4, -0.2) is 29.1 Å². The molecule has 1 amide bonds. The highest BCUT2D eigenvalue weighted by Gasteiger charge is 2.59. The van der Waals surface area contributed by atoms with Crippen LogP contribution in [0.2, 0.25) is 0 Å². The van der Waals surface area contributed by atoms with Gasteiger partial charge >= 0.3 is 6.09 Å².